The normalized spacial score (nSPS) is 11.2. The van der Waals surface area contributed by atoms with Crippen LogP contribution in [0.5, 0.6) is 0 Å². The van der Waals surface area contributed by atoms with Gasteiger partial charge in [0, 0.05) is 29.9 Å². The van der Waals surface area contributed by atoms with Gasteiger partial charge >= 0.3 is 0 Å². The van der Waals surface area contributed by atoms with Crippen molar-refractivity contribution in [2.24, 2.45) is 0 Å². The predicted molar refractivity (Wildman–Crippen MR) is 99.2 cm³/mol. The number of nitrogens with zero attached hydrogens (tertiary/aromatic N) is 5. The summed E-state index contributed by atoms with van der Waals surface area (Å²) >= 11 is 0. The zero-order valence-electron chi connectivity index (χ0n) is 14.6. The molecule has 0 bridgehead atoms. The molecule has 0 spiro atoms. The molecule has 3 aromatic heterocycles. The van der Waals surface area contributed by atoms with Crippen molar-refractivity contribution in [3.05, 3.63) is 64.6 Å². The molecule has 1 aromatic carbocycles. The molecule has 26 heavy (non-hydrogen) atoms. The minimum atomic E-state index is -0.110. The van der Waals surface area contributed by atoms with Crippen molar-refractivity contribution in [3.63, 3.8) is 0 Å². The molecule has 4 aromatic rings. The molecule has 130 valence electrons. The Balaban J connectivity index is 1.91. The van der Waals surface area contributed by atoms with E-state index in [1.54, 1.807) is 23.1 Å². The van der Waals surface area contributed by atoms with E-state index >= 15 is 0 Å². The maximum atomic E-state index is 11.9. The lowest BCUT2D eigenvalue weighted by Gasteiger charge is -2.06. The largest absolute Gasteiger partial charge is 0.329 e. The molecule has 0 saturated heterocycles. The summed E-state index contributed by atoms with van der Waals surface area (Å²) in [5, 5.41) is 6.13. The second kappa shape index (κ2) is 6.51. The van der Waals surface area contributed by atoms with Crippen LogP contribution in [0.2, 0.25) is 0 Å². The van der Waals surface area contributed by atoms with Crippen LogP contribution in [-0.2, 0) is 6.42 Å². The fourth-order valence-corrected chi connectivity index (χ4v) is 2.88. The molecule has 4 rings (SSSR count). The van der Waals surface area contributed by atoms with Crippen molar-refractivity contribution in [2.45, 2.75) is 26.7 Å². The fraction of sp³-hybridized carbons (Fsp3) is 0.211. The van der Waals surface area contributed by atoms with E-state index < -0.39 is 0 Å². The number of nitrogens with one attached hydrogen (secondary N) is 1. The van der Waals surface area contributed by atoms with Gasteiger partial charge in [-0.05, 0) is 49.1 Å². The number of hydrogen-bond acceptors (Lipinski definition) is 5. The molecule has 0 amide bonds. The van der Waals surface area contributed by atoms with E-state index in [0.29, 0.717) is 17.0 Å². The van der Waals surface area contributed by atoms with Crippen LogP contribution in [0.1, 0.15) is 24.9 Å². The first-order chi connectivity index (χ1) is 12.7. The van der Waals surface area contributed by atoms with Crippen molar-refractivity contribution in [2.75, 3.05) is 0 Å². The molecule has 0 radical (unpaired) electrons. The lowest BCUT2D eigenvalue weighted by Crippen LogP contribution is -2.06. The number of rotatable bonds is 4. The van der Waals surface area contributed by atoms with Crippen LogP contribution >= 0.6 is 0 Å². The Kier molecular flexibility index (Phi) is 4.04. The van der Waals surface area contributed by atoms with Crippen molar-refractivity contribution in [1.82, 2.24) is 29.7 Å². The summed E-state index contributed by atoms with van der Waals surface area (Å²) in [6.07, 6.45) is 5.09. The highest BCUT2D eigenvalue weighted by molar-refractivity contribution is 5.83. The zero-order chi connectivity index (χ0) is 18.1. The van der Waals surface area contributed by atoms with Gasteiger partial charge in [-0.3, -0.25) is 4.79 Å². The summed E-state index contributed by atoms with van der Waals surface area (Å²) in [4.78, 5) is 28.1. The summed E-state index contributed by atoms with van der Waals surface area (Å²) in [6, 6.07) is 9.30. The number of fused-ring (bicyclic) bond motifs is 1. The number of aromatic amines is 1. The lowest BCUT2D eigenvalue weighted by molar-refractivity contribution is 0.799. The summed E-state index contributed by atoms with van der Waals surface area (Å²) in [5.41, 5.74) is 1.58. The maximum Gasteiger partial charge on any atom is 0.255 e. The van der Waals surface area contributed by atoms with Crippen LogP contribution in [0.15, 0.2) is 47.5 Å². The number of aryl methyl sites for hydroxylation is 2. The van der Waals surface area contributed by atoms with E-state index in [9.17, 15) is 4.79 Å². The molecule has 0 fully saturated rings. The van der Waals surface area contributed by atoms with E-state index in [2.05, 4.69) is 32.0 Å². The maximum absolute atomic E-state index is 11.9. The number of aromatic nitrogens is 6. The predicted octanol–water partition coefficient (Wildman–Crippen LogP) is 2.83. The van der Waals surface area contributed by atoms with Gasteiger partial charge in [0.05, 0.1) is 5.69 Å². The Hall–Kier alpha value is -3.35. The monoisotopic (exact) mass is 346 g/mol. The molecular formula is C19H18N6O. The van der Waals surface area contributed by atoms with E-state index in [1.807, 2.05) is 31.2 Å². The Bertz CT molecular complexity index is 1140. The smallest absolute Gasteiger partial charge is 0.255 e. The van der Waals surface area contributed by atoms with Crippen LogP contribution in [0.25, 0.3) is 28.1 Å². The van der Waals surface area contributed by atoms with Crippen molar-refractivity contribution in [3.8, 4) is 17.3 Å². The van der Waals surface area contributed by atoms with Crippen LogP contribution in [0, 0.1) is 6.92 Å². The average Bonchev–Trinajstić information content (AvgIpc) is 3.06. The Morgan fingerprint density at radius 3 is 2.85 bits per heavy atom. The quantitative estimate of drug-likeness (QED) is 0.614. The van der Waals surface area contributed by atoms with E-state index in [4.69, 9.17) is 0 Å². The minimum absolute atomic E-state index is 0.110. The van der Waals surface area contributed by atoms with Gasteiger partial charge in [0.1, 0.15) is 0 Å². The van der Waals surface area contributed by atoms with Gasteiger partial charge in [-0.25, -0.2) is 19.6 Å². The molecule has 0 saturated carbocycles. The first-order valence-corrected chi connectivity index (χ1v) is 8.53. The van der Waals surface area contributed by atoms with Gasteiger partial charge in [-0.2, -0.15) is 5.10 Å². The summed E-state index contributed by atoms with van der Waals surface area (Å²) in [7, 11) is 0. The Labute approximate surface area is 149 Å². The third kappa shape index (κ3) is 2.88. The van der Waals surface area contributed by atoms with Gasteiger partial charge in [0.15, 0.2) is 11.6 Å². The molecule has 3 heterocycles. The van der Waals surface area contributed by atoms with Crippen molar-refractivity contribution >= 4 is 10.8 Å². The summed E-state index contributed by atoms with van der Waals surface area (Å²) in [6.45, 7) is 4.01. The van der Waals surface area contributed by atoms with Gasteiger partial charge in [0.2, 0.25) is 5.82 Å². The lowest BCUT2D eigenvalue weighted by atomic mass is 10.1. The molecule has 0 aliphatic heterocycles. The summed E-state index contributed by atoms with van der Waals surface area (Å²) < 4.78 is 1.75. The minimum Gasteiger partial charge on any atom is -0.329 e. The van der Waals surface area contributed by atoms with Crippen molar-refractivity contribution < 1.29 is 0 Å². The first-order valence-electron chi connectivity index (χ1n) is 8.53. The Morgan fingerprint density at radius 1 is 1.15 bits per heavy atom. The van der Waals surface area contributed by atoms with Crippen LogP contribution in [-0.4, -0.2) is 29.7 Å². The number of hydrogen-bond donors (Lipinski definition) is 1. The number of H-pyrrole nitrogens is 1. The average molecular weight is 346 g/mol. The molecule has 0 aliphatic rings. The first kappa shape index (κ1) is 16.1. The highest BCUT2D eigenvalue weighted by Gasteiger charge is 2.16. The van der Waals surface area contributed by atoms with Crippen LogP contribution in [0.3, 0.4) is 0 Å². The second-order valence-electron chi connectivity index (χ2n) is 6.11. The standard InChI is InChI=1S/C19H18N6O/c1-3-4-16-23-18(17-20-9-7-12(2)22-17)25(24-16)14-5-6-15-13(11-14)8-10-21-19(15)26/h5-11H,3-4H2,1-2H3,(H,21,26). The Morgan fingerprint density at radius 2 is 2.04 bits per heavy atom. The van der Waals surface area contributed by atoms with E-state index in [0.717, 1.165) is 35.4 Å². The van der Waals surface area contributed by atoms with Gasteiger partial charge in [-0.15, -0.1) is 0 Å². The van der Waals surface area contributed by atoms with Gasteiger partial charge in [-0.1, -0.05) is 6.92 Å². The third-order valence-electron chi connectivity index (χ3n) is 4.12. The molecule has 7 heteroatoms. The number of benzene rings is 1. The zero-order valence-corrected chi connectivity index (χ0v) is 14.6. The third-order valence-corrected chi connectivity index (χ3v) is 4.12. The molecule has 7 nitrogen and oxygen atoms in total. The molecule has 1 N–H and O–H groups in total. The van der Waals surface area contributed by atoms with E-state index in [-0.39, 0.29) is 5.56 Å². The SMILES string of the molecule is CCCc1nc(-c2nccc(C)n2)n(-c2ccc3c(=O)[nH]ccc3c2)n1. The topological polar surface area (TPSA) is 89.4 Å². The second-order valence-corrected chi connectivity index (χ2v) is 6.11. The van der Waals surface area contributed by atoms with Crippen molar-refractivity contribution in [1.29, 1.82) is 0 Å². The molecule has 0 atom stereocenters. The van der Waals surface area contributed by atoms with E-state index in [1.165, 1.54) is 0 Å². The highest BCUT2D eigenvalue weighted by Crippen LogP contribution is 2.21. The van der Waals surface area contributed by atoms with Crippen LogP contribution < -0.4 is 5.56 Å². The van der Waals surface area contributed by atoms with Gasteiger partial charge < -0.3 is 4.98 Å². The number of pyridine rings is 1. The fourth-order valence-electron chi connectivity index (χ4n) is 2.88. The molecular weight excluding hydrogens is 328 g/mol. The molecule has 0 aliphatic carbocycles. The van der Waals surface area contributed by atoms with Crippen LogP contribution in [0.4, 0.5) is 0 Å². The summed E-state index contributed by atoms with van der Waals surface area (Å²) in [5.74, 6) is 1.88. The highest BCUT2D eigenvalue weighted by atomic mass is 16.1. The van der Waals surface area contributed by atoms with Gasteiger partial charge in [0.25, 0.3) is 5.56 Å². The molecule has 0 unspecified atom stereocenters.